The molecule has 0 amide bonds. The number of nitro groups is 1. The number of likely N-dealkylation sites (N-methyl/N-ethyl adjacent to an activating group) is 1. The van der Waals surface area contributed by atoms with E-state index in [4.69, 9.17) is 0 Å². The summed E-state index contributed by atoms with van der Waals surface area (Å²) < 4.78 is 25.8. The molecule has 0 aromatic heterocycles. The second-order valence-corrected chi connectivity index (χ2v) is 7.53. The zero-order valence-electron chi connectivity index (χ0n) is 13.1. The molecule has 23 heavy (non-hydrogen) atoms. The summed E-state index contributed by atoms with van der Waals surface area (Å²) in [6, 6.07) is 3.59. The van der Waals surface area contributed by atoms with E-state index in [0.717, 1.165) is 25.3 Å². The highest BCUT2D eigenvalue weighted by atomic mass is 32.2. The third kappa shape index (κ3) is 3.62. The number of sulfonamides is 1. The van der Waals surface area contributed by atoms with Gasteiger partial charge in [0.2, 0.25) is 10.0 Å². The van der Waals surface area contributed by atoms with Gasteiger partial charge in [0.05, 0.1) is 22.0 Å². The predicted molar refractivity (Wildman–Crippen MR) is 86.0 cm³/mol. The number of hydrogen-bond acceptors (Lipinski definition) is 6. The van der Waals surface area contributed by atoms with Crippen LogP contribution in [0.4, 0.5) is 11.4 Å². The molecule has 1 aromatic carbocycles. The molecule has 0 unspecified atom stereocenters. The lowest BCUT2D eigenvalue weighted by Crippen LogP contribution is -2.43. The van der Waals surface area contributed by atoms with Gasteiger partial charge in [0, 0.05) is 13.1 Å². The van der Waals surface area contributed by atoms with Crippen molar-refractivity contribution in [3.63, 3.8) is 0 Å². The van der Waals surface area contributed by atoms with E-state index in [0.29, 0.717) is 12.1 Å². The zero-order chi connectivity index (χ0) is 17.2. The van der Waals surface area contributed by atoms with Gasteiger partial charge >= 0.3 is 0 Å². The minimum atomic E-state index is -3.75. The Morgan fingerprint density at radius 1 is 1.35 bits per heavy atom. The molecule has 1 aromatic rings. The number of anilines is 1. The highest BCUT2D eigenvalue weighted by Crippen LogP contribution is 2.34. The summed E-state index contributed by atoms with van der Waals surface area (Å²) in [5.41, 5.74) is 0.0117. The van der Waals surface area contributed by atoms with Crippen LogP contribution in [0.3, 0.4) is 0 Å². The zero-order valence-corrected chi connectivity index (χ0v) is 13.9. The van der Waals surface area contributed by atoms with Crippen LogP contribution < -0.4 is 9.62 Å². The van der Waals surface area contributed by atoms with Crippen LogP contribution in [0.15, 0.2) is 23.1 Å². The summed E-state index contributed by atoms with van der Waals surface area (Å²) in [4.78, 5) is 12.3. The van der Waals surface area contributed by atoms with Crippen molar-refractivity contribution in [1.29, 1.82) is 0 Å². The Morgan fingerprint density at radius 2 is 2.00 bits per heavy atom. The van der Waals surface area contributed by atoms with Crippen molar-refractivity contribution in [2.45, 2.75) is 42.7 Å². The molecular weight excluding hydrogens is 322 g/mol. The normalized spacial score (nSPS) is 21.9. The van der Waals surface area contributed by atoms with E-state index in [9.17, 15) is 23.6 Å². The van der Waals surface area contributed by atoms with Crippen molar-refractivity contribution < 1.29 is 18.4 Å². The monoisotopic (exact) mass is 343 g/mol. The molecule has 0 spiro atoms. The molecule has 1 fully saturated rings. The summed E-state index contributed by atoms with van der Waals surface area (Å²) in [6.45, 7) is 0. The lowest BCUT2D eigenvalue weighted by atomic mass is 9.91. The molecule has 0 saturated heterocycles. The molecule has 2 atom stereocenters. The Morgan fingerprint density at radius 3 is 2.57 bits per heavy atom. The summed E-state index contributed by atoms with van der Waals surface area (Å²) in [6.07, 6.45) is 2.74. The Bertz CT molecular complexity index is 692. The van der Waals surface area contributed by atoms with Crippen molar-refractivity contribution in [1.82, 2.24) is 4.72 Å². The van der Waals surface area contributed by atoms with Crippen molar-refractivity contribution in [3.05, 3.63) is 28.3 Å². The van der Waals surface area contributed by atoms with Crippen molar-refractivity contribution >= 4 is 21.4 Å². The number of aliphatic hydroxyl groups is 1. The fourth-order valence-corrected chi connectivity index (χ4v) is 3.70. The van der Waals surface area contributed by atoms with Gasteiger partial charge in [-0.05, 0) is 32.0 Å². The van der Waals surface area contributed by atoms with Crippen LogP contribution in [-0.2, 0) is 10.0 Å². The molecule has 0 bridgehead atoms. The van der Waals surface area contributed by atoms with E-state index in [1.807, 2.05) is 0 Å². The van der Waals surface area contributed by atoms with Crippen molar-refractivity contribution in [3.8, 4) is 0 Å². The van der Waals surface area contributed by atoms with Gasteiger partial charge in [-0.2, -0.15) is 0 Å². The highest BCUT2D eigenvalue weighted by Gasteiger charge is 2.31. The molecule has 2 rings (SSSR count). The van der Waals surface area contributed by atoms with Crippen LogP contribution in [0, 0.1) is 10.1 Å². The first-order valence-electron chi connectivity index (χ1n) is 7.41. The molecule has 0 radical (unpaired) electrons. The Balaban J connectivity index is 2.44. The average molecular weight is 343 g/mol. The Kier molecular flexibility index (Phi) is 5.23. The molecule has 1 aliphatic carbocycles. The fourth-order valence-electron chi connectivity index (χ4n) is 2.95. The van der Waals surface area contributed by atoms with Gasteiger partial charge in [-0.3, -0.25) is 10.1 Å². The number of nitro benzene ring substituents is 1. The quantitative estimate of drug-likeness (QED) is 0.614. The second-order valence-electron chi connectivity index (χ2n) is 5.65. The van der Waals surface area contributed by atoms with Gasteiger partial charge in [-0.1, -0.05) is 12.8 Å². The molecule has 9 heteroatoms. The number of benzene rings is 1. The minimum absolute atomic E-state index is 0.159. The van der Waals surface area contributed by atoms with Gasteiger partial charge in [0.15, 0.2) is 0 Å². The number of nitrogens with one attached hydrogen (secondary N) is 1. The minimum Gasteiger partial charge on any atom is -0.391 e. The predicted octanol–water partition coefficient (Wildman–Crippen LogP) is 1.24. The third-order valence-corrected chi connectivity index (χ3v) is 5.71. The second kappa shape index (κ2) is 6.81. The summed E-state index contributed by atoms with van der Waals surface area (Å²) in [7, 11) is -0.817. The highest BCUT2D eigenvalue weighted by molar-refractivity contribution is 7.89. The first-order chi connectivity index (χ1) is 10.8. The summed E-state index contributed by atoms with van der Waals surface area (Å²) in [5, 5.41) is 21.5. The van der Waals surface area contributed by atoms with E-state index in [1.54, 1.807) is 11.9 Å². The number of nitrogens with zero attached hydrogens (tertiary/aromatic N) is 2. The largest absolute Gasteiger partial charge is 0.391 e. The van der Waals surface area contributed by atoms with Gasteiger partial charge < -0.3 is 10.0 Å². The maximum Gasteiger partial charge on any atom is 0.293 e. The van der Waals surface area contributed by atoms with E-state index in [2.05, 4.69) is 4.72 Å². The topological polar surface area (TPSA) is 113 Å². The molecule has 0 heterocycles. The van der Waals surface area contributed by atoms with Crippen molar-refractivity contribution in [2.75, 3.05) is 19.0 Å². The van der Waals surface area contributed by atoms with Crippen LogP contribution >= 0.6 is 0 Å². The molecule has 2 N–H and O–H groups in total. The van der Waals surface area contributed by atoms with Crippen LogP contribution in [0.1, 0.15) is 25.7 Å². The fraction of sp³-hybridized carbons (Fsp3) is 0.571. The SMILES string of the molecule is CNS(=O)(=O)c1ccc(N(C)[C@@H]2CCCC[C@H]2O)c([N+](=O)[O-])c1. The standard InChI is InChI=1S/C14H21N3O5S/c1-15-23(21,22)10-7-8-11(13(9-10)17(19)20)16(2)12-5-3-4-6-14(12)18/h7-9,12,14-15,18H,3-6H2,1-2H3/t12-,14-/m1/s1. The van der Waals surface area contributed by atoms with E-state index < -0.39 is 21.1 Å². The lowest BCUT2D eigenvalue weighted by molar-refractivity contribution is -0.384. The molecule has 1 aliphatic rings. The van der Waals surface area contributed by atoms with Crippen molar-refractivity contribution in [2.24, 2.45) is 0 Å². The smallest absolute Gasteiger partial charge is 0.293 e. The summed E-state index contributed by atoms with van der Waals surface area (Å²) in [5.74, 6) is 0. The van der Waals surface area contributed by atoms with Gasteiger partial charge in [0.1, 0.15) is 5.69 Å². The van der Waals surface area contributed by atoms with Crippen LogP contribution in [0.5, 0.6) is 0 Å². The maximum atomic E-state index is 11.8. The number of hydrogen-bond donors (Lipinski definition) is 2. The molecule has 0 aliphatic heterocycles. The van der Waals surface area contributed by atoms with E-state index in [-0.39, 0.29) is 16.6 Å². The van der Waals surface area contributed by atoms with E-state index in [1.165, 1.54) is 19.2 Å². The summed E-state index contributed by atoms with van der Waals surface area (Å²) >= 11 is 0. The molecule has 1 saturated carbocycles. The first-order valence-corrected chi connectivity index (χ1v) is 8.89. The van der Waals surface area contributed by atoms with E-state index >= 15 is 0 Å². The van der Waals surface area contributed by atoms with Crippen LogP contribution in [0.25, 0.3) is 0 Å². The van der Waals surface area contributed by atoms with Crippen LogP contribution in [-0.4, -0.2) is 44.7 Å². The van der Waals surface area contributed by atoms with Gasteiger partial charge in [-0.15, -0.1) is 0 Å². The lowest BCUT2D eigenvalue weighted by Gasteiger charge is -2.36. The average Bonchev–Trinajstić information content (AvgIpc) is 2.54. The molecule has 128 valence electrons. The number of rotatable bonds is 5. The number of aliphatic hydroxyl groups excluding tert-OH is 1. The third-order valence-electron chi connectivity index (χ3n) is 4.29. The van der Waals surface area contributed by atoms with Gasteiger partial charge in [-0.25, -0.2) is 13.1 Å². The Labute approximate surface area is 135 Å². The maximum absolute atomic E-state index is 11.8. The van der Waals surface area contributed by atoms with Gasteiger partial charge in [0.25, 0.3) is 5.69 Å². The molecular formula is C14H21N3O5S. The Hall–Kier alpha value is -1.71. The first kappa shape index (κ1) is 17.6. The van der Waals surface area contributed by atoms with Crippen LogP contribution in [0.2, 0.25) is 0 Å². The molecule has 8 nitrogen and oxygen atoms in total.